The van der Waals surface area contributed by atoms with Crippen LogP contribution in [0.2, 0.25) is 10.0 Å². The van der Waals surface area contributed by atoms with E-state index in [9.17, 15) is 22.8 Å². The summed E-state index contributed by atoms with van der Waals surface area (Å²) in [5.74, 6) is -1.35. The second-order valence-corrected chi connectivity index (χ2v) is 10.4. The molecular weight excluding hydrogens is 566 g/mol. The number of nitrogens with one attached hydrogen (secondary N) is 2. The lowest BCUT2D eigenvalue weighted by Gasteiger charge is -2.12. The van der Waals surface area contributed by atoms with Crippen molar-refractivity contribution in [2.24, 2.45) is 0 Å². The summed E-state index contributed by atoms with van der Waals surface area (Å²) in [6.07, 6.45) is -0.475. The van der Waals surface area contributed by atoms with Crippen LogP contribution in [-0.2, 0) is 6.18 Å². The molecule has 0 saturated heterocycles. The van der Waals surface area contributed by atoms with Gasteiger partial charge in [0.25, 0.3) is 5.91 Å². The maximum absolute atomic E-state index is 13.1. The number of thiazole rings is 1. The number of aromatic nitrogens is 4. The molecule has 0 aliphatic carbocycles. The van der Waals surface area contributed by atoms with E-state index in [0.29, 0.717) is 23.4 Å². The van der Waals surface area contributed by atoms with E-state index in [0.717, 1.165) is 30.5 Å². The van der Waals surface area contributed by atoms with Gasteiger partial charge in [-0.2, -0.15) is 13.2 Å². The van der Waals surface area contributed by atoms with E-state index in [1.165, 1.54) is 12.5 Å². The van der Waals surface area contributed by atoms with Crippen LogP contribution < -0.4 is 10.6 Å². The molecule has 1 unspecified atom stereocenters. The lowest BCUT2D eigenvalue weighted by Crippen LogP contribution is -2.17. The highest BCUT2D eigenvalue weighted by atomic mass is 35.5. The van der Waals surface area contributed by atoms with Crippen molar-refractivity contribution in [2.45, 2.75) is 31.9 Å². The van der Waals surface area contributed by atoms with E-state index in [2.05, 4.69) is 30.6 Å². The first-order chi connectivity index (χ1) is 17.9. The molecule has 15 heteroatoms. The molecule has 0 aliphatic heterocycles. The average molecular weight is 590 g/mol. The van der Waals surface area contributed by atoms with Gasteiger partial charge in [-0.3, -0.25) is 9.59 Å². The third-order valence-corrected chi connectivity index (χ3v) is 7.08. The van der Waals surface area contributed by atoms with Crippen LogP contribution >= 0.6 is 34.5 Å². The molecule has 1 atom stereocenters. The summed E-state index contributed by atoms with van der Waals surface area (Å²) in [7, 11) is 3.94. The Morgan fingerprint density at radius 2 is 1.87 bits per heavy atom. The first-order valence-electron chi connectivity index (χ1n) is 11.3. The largest absolute Gasteiger partial charge is 0.418 e. The second kappa shape index (κ2) is 12.8. The normalized spacial score (nSPS) is 12.4. The number of hydrogen-bond donors (Lipinski definition) is 2. The molecule has 2 N–H and O–H groups in total. The Morgan fingerprint density at radius 3 is 2.55 bits per heavy atom. The third-order valence-electron chi connectivity index (χ3n) is 5.19. The maximum atomic E-state index is 13.1. The van der Waals surface area contributed by atoms with Crippen LogP contribution in [0.15, 0.2) is 24.8 Å². The molecule has 0 fully saturated rings. The first kappa shape index (κ1) is 29.7. The number of nitrogens with zero attached hydrogens (tertiary/aromatic N) is 5. The van der Waals surface area contributed by atoms with Crippen molar-refractivity contribution in [3.8, 4) is 0 Å². The van der Waals surface area contributed by atoms with Crippen molar-refractivity contribution < 1.29 is 22.8 Å². The Morgan fingerprint density at radius 1 is 1.13 bits per heavy atom. The number of anilines is 2. The van der Waals surface area contributed by atoms with E-state index < -0.39 is 22.7 Å². The van der Waals surface area contributed by atoms with Crippen LogP contribution in [0.1, 0.15) is 56.4 Å². The smallest absolute Gasteiger partial charge is 0.369 e. The molecule has 0 spiro atoms. The fourth-order valence-corrected chi connectivity index (χ4v) is 4.62. The van der Waals surface area contributed by atoms with Crippen molar-refractivity contribution >= 4 is 57.9 Å². The summed E-state index contributed by atoms with van der Waals surface area (Å²) in [6.45, 7) is 3.24. The van der Waals surface area contributed by atoms with Gasteiger partial charge in [0.1, 0.15) is 33.6 Å². The molecule has 3 rings (SSSR count). The van der Waals surface area contributed by atoms with E-state index >= 15 is 0 Å². The minimum Gasteiger partial charge on any atom is -0.369 e. The Bertz CT molecular complexity index is 1300. The number of halogens is 5. The molecule has 3 heterocycles. The van der Waals surface area contributed by atoms with Gasteiger partial charge < -0.3 is 15.5 Å². The van der Waals surface area contributed by atoms with Gasteiger partial charge in [-0.15, -0.1) is 11.3 Å². The molecule has 1 amide bonds. The van der Waals surface area contributed by atoms with Gasteiger partial charge in [-0.1, -0.05) is 30.1 Å². The Labute approximate surface area is 230 Å². The first-order valence-corrected chi connectivity index (χ1v) is 12.9. The SMILES string of the molecule is CC(CC(=O)c1ncnc(NCCCN(C)C)c1Cl)c1ncc(C(=O)Nc2cc(C(F)(F)F)c(Cl)cn2)s1. The molecule has 204 valence electrons. The van der Waals surface area contributed by atoms with E-state index in [1.807, 2.05) is 19.0 Å². The van der Waals surface area contributed by atoms with Gasteiger partial charge in [0.2, 0.25) is 0 Å². The van der Waals surface area contributed by atoms with Gasteiger partial charge in [0, 0.05) is 25.1 Å². The number of carbonyl (C=O) groups is 2. The molecule has 0 aliphatic rings. The number of Topliss-reactive ketones (excluding diaryl/α,β-unsaturated/α-hetero) is 1. The molecule has 3 aromatic heterocycles. The number of hydrogen-bond acceptors (Lipinski definition) is 9. The predicted molar refractivity (Wildman–Crippen MR) is 140 cm³/mol. The molecular formula is C23H24Cl2F3N7O2S. The molecule has 0 aromatic carbocycles. The number of carbonyl (C=O) groups excluding carboxylic acids is 2. The zero-order valence-electron chi connectivity index (χ0n) is 20.6. The fraction of sp³-hybridized carbons (Fsp3) is 0.391. The summed E-state index contributed by atoms with van der Waals surface area (Å²) in [5.41, 5.74) is -1.04. The average Bonchev–Trinajstić information content (AvgIpc) is 3.34. The van der Waals surface area contributed by atoms with Gasteiger partial charge in [-0.25, -0.2) is 19.9 Å². The highest BCUT2D eigenvalue weighted by molar-refractivity contribution is 7.13. The van der Waals surface area contributed by atoms with Crippen LogP contribution in [0.25, 0.3) is 0 Å². The van der Waals surface area contributed by atoms with E-state index in [4.69, 9.17) is 23.2 Å². The van der Waals surface area contributed by atoms with Crippen LogP contribution in [0.3, 0.4) is 0 Å². The van der Waals surface area contributed by atoms with Crippen LogP contribution in [0, 0.1) is 0 Å². The van der Waals surface area contributed by atoms with E-state index in [-0.39, 0.29) is 39.5 Å². The third kappa shape index (κ3) is 7.82. The van der Waals surface area contributed by atoms with Gasteiger partial charge in [0.05, 0.1) is 21.8 Å². The second-order valence-electron chi connectivity index (χ2n) is 8.56. The highest BCUT2D eigenvalue weighted by Crippen LogP contribution is 2.35. The summed E-state index contributed by atoms with van der Waals surface area (Å²) in [4.78, 5) is 43.7. The Balaban J connectivity index is 1.64. The number of rotatable bonds is 11. The molecule has 0 saturated carbocycles. The topological polar surface area (TPSA) is 113 Å². The molecule has 0 bridgehead atoms. The zero-order valence-corrected chi connectivity index (χ0v) is 22.9. The summed E-state index contributed by atoms with van der Waals surface area (Å²) in [6, 6.07) is 0.653. The van der Waals surface area contributed by atoms with Gasteiger partial charge in [-0.05, 0) is 33.1 Å². The van der Waals surface area contributed by atoms with Gasteiger partial charge >= 0.3 is 6.18 Å². The van der Waals surface area contributed by atoms with Crippen molar-refractivity contribution in [3.05, 3.63) is 56.0 Å². The number of ketones is 1. The summed E-state index contributed by atoms with van der Waals surface area (Å²) < 4.78 is 39.2. The lowest BCUT2D eigenvalue weighted by atomic mass is 10.0. The lowest BCUT2D eigenvalue weighted by molar-refractivity contribution is -0.137. The van der Waals surface area contributed by atoms with Gasteiger partial charge in [0.15, 0.2) is 5.78 Å². The van der Waals surface area contributed by atoms with Crippen molar-refractivity contribution in [1.82, 2.24) is 24.8 Å². The zero-order chi connectivity index (χ0) is 28.0. The van der Waals surface area contributed by atoms with Crippen LogP contribution in [0.5, 0.6) is 0 Å². The Kier molecular flexibility index (Phi) is 9.99. The van der Waals surface area contributed by atoms with Crippen LogP contribution in [0.4, 0.5) is 24.8 Å². The van der Waals surface area contributed by atoms with Crippen LogP contribution in [-0.4, -0.2) is 63.7 Å². The number of pyridine rings is 1. The van der Waals surface area contributed by atoms with Crippen molar-refractivity contribution in [1.29, 1.82) is 0 Å². The monoisotopic (exact) mass is 589 g/mol. The summed E-state index contributed by atoms with van der Waals surface area (Å²) >= 11 is 12.9. The standard InChI is InChI=1S/C23H24Cl2F3N7O2S/c1-12(7-15(36)19-18(25)20(33-11-32-19)29-5-4-6-35(2)3)22-31-10-16(38-22)21(37)34-17-8-13(23(26,27)28)14(24)9-30-17/h8-12H,4-7H2,1-3H3,(H,29,32,33)(H,30,34,37). The molecule has 0 radical (unpaired) electrons. The van der Waals surface area contributed by atoms with Crippen molar-refractivity contribution in [2.75, 3.05) is 37.8 Å². The fourth-order valence-electron chi connectivity index (χ4n) is 3.27. The minimum absolute atomic E-state index is 0.0130. The summed E-state index contributed by atoms with van der Waals surface area (Å²) in [5, 5.41) is 5.45. The maximum Gasteiger partial charge on any atom is 0.418 e. The highest BCUT2D eigenvalue weighted by Gasteiger charge is 2.34. The number of alkyl halides is 3. The molecule has 9 nitrogen and oxygen atoms in total. The Hall–Kier alpha value is -2.87. The number of amides is 1. The molecule has 38 heavy (non-hydrogen) atoms. The predicted octanol–water partition coefficient (Wildman–Crippen LogP) is 5.65. The van der Waals surface area contributed by atoms with Crippen molar-refractivity contribution in [3.63, 3.8) is 0 Å². The minimum atomic E-state index is -4.70. The van der Waals surface area contributed by atoms with E-state index in [1.54, 1.807) is 6.92 Å². The quantitative estimate of drug-likeness (QED) is 0.218. The molecule has 3 aromatic rings.